The Labute approximate surface area is 104 Å². The van der Waals surface area contributed by atoms with E-state index in [1.54, 1.807) is 6.07 Å². The lowest BCUT2D eigenvalue weighted by Gasteiger charge is -2.04. The summed E-state index contributed by atoms with van der Waals surface area (Å²) in [5.41, 5.74) is 2.81. The first-order valence-electron chi connectivity index (χ1n) is 5.04. The summed E-state index contributed by atoms with van der Waals surface area (Å²) in [6, 6.07) is 8.89. The van der Waals surface area contributed by atoms with Gasteiger partial charge in [0.1, 0.15) is 5.69 Å². The van der Waals surface area contributed by atoms with Gasteiger partial charge in [0.05, 0.1) is 0 Å². The lowest BCUT2D eigenvalue weighted by Crippen LogP contribution is -1.99. The van der Waals surface area contributed by atoms with E-state index in [2.05, 4.69) is 4.98 Å². The average Bonchev–Trinajstić information content (AvgIpc) is 2.33. The molecule has 2 rings (SSSR count). The lowest BCUT2D eigenvalue weighted by molar-refractivity contribution is 0.0690. The molecule has 0 atom stereocenters. The van der Waals surface area contributed by atoms with E-state index in [0.29, 0.717) is 5.02 Å². The Morgan fingerprint density at radius 2 is 1.94 bits per heavy atom. The zero-order chi connectivity index (χ0) is 12.4. The molecule has 0 aliphatic heterocycles. The van der Waals surface area contributed by atoms with Crippen LogP contribution in [0.5, 0.6) is 0 Å². The molecule has 1 aromatic heterocycles. The largest absolute Gasteiger partial charge is 0.477 e. The standard InChI is InChI=1S/C13H10ClNO2/c1-8-2-3-9(6-11(8)14)10-4-5-12(13(16)17)15-7-10/h2-7H,1H3,(H,16,17). The highest BCUT2D eigenvalue weighted by atomic mass is 35.5. The summed E-state index contributed by atoms with van der Waals surface area (Å²) >= 11 is 6.03. The van der Waals surface area contributed by atoms with Crippen LogP contribution in [0, 0.1) is 6.92 Å². The van der Waals surface area contributed by atoms with Crippen LogP contribution in [0.2, 0.25) is 5.02 Å². The molecule has 0 unspecified atom stereocenters. The summed E-state index contributed by atoms with van der Waals surface area (Å²) in [4.78, 5) is 14.5. The predicted octanol–water partition coefficient (Wildman–Crippen LogP) is 3.41. The second-order valence-corrected chi connectivity index (χ2v) is 4.11. The van der Waals surface area contributed by atoms with Crippen molar-refractivity contribution in [3.63, 3.8) is 0 Å². The van der Waals surface area contributed by atoms with E-state index in [1.807, 2.05) is 25.1 Å². The minimum absolute atomic E-state index is 0.0342. The Morgan fingerprint density at radius 3 is 2.47 bits per heavy atom. The molecule has 0 amide bonds. The van der Waals surface area contributed by atoms with Gasteiger partial charge in [0.25, 0.3) is 0 Å². The summed E-state index contributed by atoms with van der Waals surface area (Å²) in [5, 5.41) is 9.43. The summed E-state index contributed by atoms with van der Waals surface area (Å²) in [5.74, 6) is -1.03. The van der Waals surface area contributed by atoms with Gasteiger partial charge >= 0.3 is 5.97 Å². The molecule has 0 bridgehead atoms. The Bertz CT molecular complexity index is 564. The first-order valence-corrected chi connectivity index (χ1v) is 5.41. The topological polar surface area (TPSA) is 50.2 Å². The SMILES string of the molecule is Cc1ccc(-c2ccc(C(=O)O)nc2)cc1Cl. The van der Waals surface area contributed by atoms with Gasteiger partial charge in [0.2, 0.25) is 0 Å². The van der Waals surface area contributed by atoms with Crippen LogP contribution in [0.1, 0.15) is 16.1 Å². The maximum atomic E-state index is 10.7. The Kier molecular flexibility index (Phi) is 3.11. The van der Waals surface area contributed by atoms with Gasteiger partial charge in [-0.1, -0.05) is 29.8 Å². The molecular formula is C13H10ClNO2. The molecular weight excluding hydrogens is 238 g/mol. The monoisotopic (exact) mass is 247 g/mol. The summed E-state index contributed by atoms with van der Waals surface area (Å²) in [6.07, 6.45) is 1.53. The molecule has 1 heterocycles. The number of pyridine rings is 1. The molecule has 0 saturated carbocycles. The van der Waals surface area contributed by atoms with Crippen molar-refractivity contribution in [3.8, 4) is 11.1 Å². The van der Waals surface area contributed by atoms with E-state index >= 15 is 0 Å². The highest BCUT2D eigenvalue weighted by Gasteiger charge is 2.05. The molecule has 0 aliphatic carbocycles. The van der Waals surface area contributed by atoms with E-state index in [0.717, 1.165) is 16.7 Å². The Hall–Kier alpha value is -1.87. The molecule has 0 fully saturated rings. The van der Waals surface area contributed by atoms with Gasteiger partial charge in [-0.3, -0.25) is 0 Å². The number of aromatic nitrogens is 1. The summed E-state index contributed by atoms with van der Waals surface area (Å²) < 4.78 is 0. The molecule has 4 heteroatoms. The second kappa shape index (κ2) is 4.55. The van der Waals surface area contributed by atoms with Gasteiger partial charge in [-0.05, 0) is 30.2 Å². The van der Waals surface area contributed by atoms with Gasteiger partial charge in [0, 0.05) is 16.8 Å². The molecule has 1 N–H and O–H groups in total. The van der Waals surface area contributed by atoms with Crippen LogP contribution in [0.3, 0.4) is 0 Å². The van der Waals surface area contributed by atoms with E-state index in [1.165, 1.54) is 12.3 Å². The minimum atomic E-state index is -1.03. The van der Waals surface area contributed by atoms with E-state index in [9.17, 15) is 4.79 Å². The Morgan fingerprint density at radius 1 is 1.24 bits per heavy atom. The van der Waals surface area contributed by atoms with Crippen molar-refractivity contribution < 1.29 is 9.90 Å². The number of benzene rings is 1. The molecule has 1 aromatic carbocycles. The molecule has 0 spiro atoms. The zero-order valence-electron chi connectivity index (χ0n) is 9.14. The first-order chi connectivity index (χ1) is 8.08. The predicted molar refractivity (Wildman–Crippen MR) is 66.4 cm³/mol. The van der Waals surface area contributed by atoms with Crippen molar-refractivity contribution in [2.75, 3.05) is 0 Å². The molecule has 2 aromatic rings. The summed E-state index contributed by atoms with van der Waals surface area (Å²) in [7, 11) is 0. The first kappa shape index (κ1) is 11.6. The molecule has 0 aliphatic rings. The second-order valence-electron chi connectivity index (χ2n) is 3.70. The number of carbonyl (C=O) groups is 1. The third-order valence-electron chi connectivity index (χ3n) is 2.49. The van der Waals surface area contributed by atoms with Gasteiger partial charge in [-0.15, -0.1) is 0 Å². The van der Waals surface area contributed by atoms with Crippen molar-refractivity contribution in [1.82, 2.24) is 4.98 Å². The highest BCUT2D eigenvalue weighted by Crippen LogP contribution is 2.24. The number of rotatable bonds is 2. The third kappa shape index (κ3) is 2.45. The lowest BCUT2D eigenvalue weighted by atomic mass is 10.1. The fourth-order valence-corrected chi connectivity index (χ4v) is 1.64. The molecule has 3 nitrogen and oxygen atoms in total. The molecule has 86 valence electrons. The number of hydrogen-bond donors (Lipinski definition) is 1. The van der Waals surface area contributed by atoms with Crippen molar-refractivity contribution >= 4 is 17.6 Å². The van der Waals surface area contributed by atoms with Crippen molar-refractivity contribution in [2.45, 2.75) is 6.92 Å². The van der Waals surface area contributed by atoms with Crippen LogP contribution < -0.4 is 0 Å². The van der Waals surface area contributed by atoms with E-state index in [-0.39, 0.29) is 5.69 Å². The fourth-order valence-electron chi connectivity index (χ4n) is 1.46. The van der Waals surface area contributed by atoms with E-state index in [4.69, 9.17) is 16.7 Å². The van der Waals surface area contributed by atoms with Crippen LogP contribution in [0.15, 0.2) is 36.5 Å². The molecule has 0 saturated heterocycles. The van der Waals surface area contributed by atoms with Crippen molar-refractivity contribution in [3.05, 3.63) is 52.8 Å². The van der Waals surface area contributed by atoms with Crippen molar-refractivity contribution in [2.24, 2.45) is 0 Å². The zero-order valence-corrected chi connectivity index (χ0v) is 9.90. The highest BCUT2D eigenvalue weighted by molar-refractivity contribution is 6.31. The summed E-state index contributed by atoms with van der Waals surface area (Å²) in [6.45, 7) is 1.93. The van der Waals surface area contributed by atoms with Crippen LogP contribution in [0.25, 0.3) is 11.1 Å². The number of nitrogens with zero attached hydrogens (tertiary/aromatic N) is 1. The average molecular weight is 248 g/mol. The number of carboxylic acids is 1. The van der Waals surface area contributed by atoms with Gasteiger partial charge < -0.3 is 5.11 Å². The van der Waals surface area contributed by atoms with Gasteiger partial charge in [0.15, 0.2) is 0 Å². The number of hydrogen-bond acceptors (Lipinski definition) is 2. The molecule has 17 heavy (non-hydrogen) atoms. The third-order valence-corrected chi connectivity index (χ3v) is 2.89. The Balaban J connectivity index is 2.39. The van der Waals surface area contributed by atoms with Crippen LogP contribution in [-0.4, -0.2) is 16.1 Å². The van der Waals surface area contributed by atoms with E-state index < -0.39 is 5.97 Å². The smallest absolute Gasteiger partial charge is 0.354 e. The van der Waals surface area contributed by atoms with Gasteiger partial charge in [-0.25, -0.2) is 9.78 Å². The number of aromatic carboxylic acids is 1. The quantitative estimate of drug-likeness (QED) is 0.885. The number of aryl methyl sites for hydroxylation is 1. The normalized spacial score (nSPS) is 10.2. The fraction of sp³-hybridized carbons (Fsp3) is 0.0769. The molecule has 0 radical (unpaired) electrons. The van der Waals surface area contributed by atoms with Crippen molar-refractivity contribution in [1.29, 1.82) is 0 Å². The maximum Gasteiger partial charge on any atom is 0.354 e. The van der Waals surface area contributed by atoms with Gasteiger partial charge in [-0.2, -0.15) is 0 Å². The van der Waals surface area contributed by atoms with Crippen LogP contribution in [0.4, 0.5) is 0 Å². The maximum absolute atomic E-state index is 10.7. The number of carboxylic acid groups (broad SMARTS) is 1. The van der Waals surface area contributed by atoms with Crippen LogP contribution in [-0.2, 0) is 0 Å². The minimum Gasteiger partial charge on any atom is -0.477 e. The van der Waals surface area contributed by atoms with Crippen LogP contribution >= 0.6 is 11.6 Å². The number of halogens is 1.